The lowest BCUT2D eigenvalue weighted by atomic mass is 9.90. The molecular weight excluding hydrogens is 350 g/mol. The second kappa shape index (κ2) is 8.50. The molecule has 0 radical (unpaired) electrons. The molecule has 3 N–H and O–H groups in total. The number of aryl methyl sites for hydroxylation is 1. The first-order valence-corrected chi connectivity index (χ1v) is 11.0. The first-order chi connectivity index (χ1) is 12.4. The van der Waals surface area contributed by atoms with Gasteiger partial charge in [0.15, 0.2) is 0 Å². The van der Waals surface area contributed by atoms with E-state index in [0.29, 0.717) is 4.90 Å². The summed E-state index contributed by atoms with van der Waals surface area (Å²) in [5.74, 6) is 0.282. The summed E-state index contributed by atoms with van der Waals surface area (Å²) in [5.41, 5.74) is 0.928. The van der Waals surface area contributed by atoms with Gasteiger partial charge in [-0.3, -0.25) is 4.79 Å². The summed E-state index contributed by atoms with van der Waals surface area (Å²) in [6, 6.07) is 7.06. The molecule has 0 aromatic heterocycles. The van der Waals surface area contributed by atoms with Gasteiger partial charge >= 0.3 is 0 Å². The Morgan fingerprint density at radius 3 is 2.35 bits per heavy atom. The molecule has 0 bridgehead atoms. The van der Waals surface area contributed by atoms with Crippen LogP contribution in [0.4, 0.5) is 0 Å². The number of hydrogen-bond acceptors (Lipinski definition) is 4. The van der Waals surface area contributed by atoms with Gasteiger partial charge in [-0.15, -0.1) is 0 Å². The second-order valence-electron chi connectivity index (χ2n) is 7.52. The van der Waals surface area contributed by atoms with Crippen LogP contribution in [0, 0.1) is 12.8 Å². The van der Waals surface area contributed by atoms with Gasteiger partial charge < -0.3 is 10.6 Å². The Labute approximate surface area is 156 Å². The van der Waals surface area contributed by atoms with Crippen molar-refractivity contribution in [2.75, 3.05) is 13.1 Å². The zero-order valence-corrected chi connectivity index (χ0v) is 16.1. The largest absolute Gasteiger partial charge is 0.353 e. The maximum atomic E-state index is 12.5. The maximum absolute atomic E-state index is 12.5. The molecular formula is C19H29N3O3S. The van der Waals surface area contributed by atoms with Crippen molar-refractivity contribution in [2.24, 2.45) is 5.92 Å². The fourth-order valence-electron chi connectivity index (χ4n) is 3.83. The molecule has 1 saturated carbocycles. The Morgan fingerprint density at radius 1 is 1.04 bits per heavy atom. The number of sulfonamides is 1. The lowest BCUT2D eigenvalue weighted by Gasteiger charge is -2.31. The van der Waals surface area contributed by atoms with Crippen LogP contribution in [0.2, 0.25) is 0 Å². The van der Waals surface area contributed by atoms with Crippen molar-refractivity contribution in [3.63, 3.8) is 0 Å². The van der Waals surface area contributed by atoms with E-state index in [1.165, 1.54) is 0 Å². The number of benzene rings is 1. The third kappa shape index (κ3) is 5.05. The third-order valence-corrected chi connectivity index (χ3v) is 6.92. The lowest BCUT2D eigenvalue weighted by molar-refractivity contribution is -0.126. The minimum Gasteiger partial charge on any atom is -0.353 e. The number of piperidine rings is 1. The minimum absolute atomic E-state index is 0.0625. The van der Waals surface area contributed by atoms with Crippen molar-refractivity contribution < 1.29 is 13.2 Å². The Kier molecular flexibility index (Phi) is 6.32. The van der Waals surface area contributed by atoms with E-state index in [2.05, 4.69) is 15.4 Å². The SMILES string of the molecule is Cc1cccc(S(=O)(=O)NC2CCC(NC(=O)C3CCNCC3)CC2)c1. The highest BCUT2D eigenvalue weighted by Crippen LogP contribution is 2.22. The average molecular weight is 380 g/mol. The topological polar surface area (TPSA) is 87.3 Å². The fraction of sp³-hybridized carbons (Fsp3) is 0.632. The van der Waals surface area contributed by atoms with Gasteiger partial charge in [0.2, 0.25) is 15.9 Å². The Morgan fingerprint density at radius 2 is 1.69 bits per heavy atom. The summed E-state index contributed by atoms with van der Waals surface area (Å²) in [6.07, 6.45) is 4.94. The average Bonchev–Trinajstić information content (AvgIpc) is 2.64. The molecule has 1 aromatic carbocycles. The summed E-state index contributed by atoms with van der Waals surface area (Å²) in [6.45, 7) is 3.70. The van der Waals surface area contributed by atoms with Gasteiger partial charge in [-0.05, 0) is 76.2 Å². The van der Waals surface area contributed by atoms with Crippen LogP contribution in [-0.4, -0.2) is 39.5 Å². The molecule has 6 nitrogen and oxygen atoms in total. The Hall–Kier alpha value is -1.44. The van der Waals surface area contributed by atoms with Crippen molar-refractivity contribution in [2.45, 2.75) is 62.4 Å². The van der Waals surface area contributed by atoms with Crippen LogP contribution in [0.25, 0.3) is 0 Å². The van der Waals surface area contributed by atoms with E-state index in [4.69, 9.17) is 0 Å². The standard InChI is InChI=1S/C19H29N3O3S/c1-14-3-2-4-18(13-14)26(24,25)22-17-7-5-16(6-8-17)21-19(23)15-9-11-20-12-10-15/h2-4,13,15-17,20,22H,5-12H2,1H3,(H,21,23). The number of hydrogen-bond donors (Lipinski definition) is 3. The van der Waals surface area contributed by atoms with E-state index in [-0.39, 0.29) is 23.9 Å². The van der Waals surface area contributed by atoms with Gasteiger partial charge in [-0.2, -0.15) is 0 Å². The smallest absolute Gasteiger partial charge is 0.240 e. The van der Waals surface area contributed by atoms with Crippen molar-refractivity contribution in [3.8, 4) is 0 Å². The summed E-state index contributed by atoms with van der Waals surface area (Å²) in [7, 11) is -3.48. The summed E-state index contributed by atoms with van der Waals surface area (Å²) < 4.78 is 27.9. The predicted octanol–water partition coefficient (Wildman–Crippen LogP) is 1.70. The van der Waals surface area contributed by atoms with Crippen LogP contribution in [0.15, 0.2) is 29.2 Å². The van der Waals surface area contributed by atoms with Crippen molar-refractivity contribution in [1.29, 1.82) is 0 Å². The second-order valence-corrected chi connectivity index (χ2v) is 9.23. The normalized spacial score (nSPS) is 25.0. The van der Waals surface area contributed by atoms with Gasteiger partial charge in [0.1, 0.15) is 0 Å². The molecule has 144 valence electrons. The molecule has 26 heavy (non-hydrogen) atoms. The Bertz CT molecular complexity index is 721. The van der Waals surface area contributed by atoms with Crippen LogP contribution in [0.1, 0.15) is 44.1 Å². The summed E-state index contributed by atoms with van der Waals surface area (Å²) in [4.78, 5) is 12.7. The van der Waals surface area contributed by atoms with Crippen LogP contribution in [0.5, 0.6) is 0 Å². The van der Waals surface area contributed by atoms with E-state index in [0.717, 1.165) is 57.2 Å². The Balaban J connectivity index is 1.48. The lowest BCUT2D eigenvalue weighted by Crippen LogP contribution is -2.46. The molecule has 0 atom stereocenters. The van der Waals surface area contributed by atoms with E-state index < -0.39 is 10.0 Å². The molecule has 1 aliphatic carbocycles. The zero-order chi connectivity index (χ0) is 18.6. The number of carbonyl (C=O) groups is 1. The third-order valence-electron chi connectivity index (χ3n) is 5.41. The highest BCUT2D eigenvalue weighted by molar-refractivity contribution is 7.89. The van der Waals surface area contributed by atoms with Crippen molar-refractivity contribution in [3.05, 3.63) is 29.8 Å². The maximum Gasteiger partial charge on any atom is 0.240 e. The van der Waals surface area contributed by atoms with Crippen molar-refractivity contribution in [1.82, 2.24) is 15.4 Å². The summed E-state index contributed by atoms with van der Waals surface area (Å²) >= 11 is 0. The number of carbonyl (C=O) groups excluding carboxylic acids is 1. The molecule has 1 aromatic rings. The van der Waals surface area contributed by atoms with Gasteiger partial charge in [-0.1, -0.05) is 12.1 Å². The molecule has 0 spiro atoms. The van der Waals surface area contributed by atoms with E-state index in [1.807, 2.05) is 13.0 Å². The molecule has 1 saturated heterocycles. The van der Waals surface area contributed by atoms with Crippen LogP contribution < -0.4 is 15.4 Å². The minimum atomic E-state index is -3.48. The molecule has 1 amide bonds. The first kappa shape index (κ1) is 19.3. The first-order valence-electron chi connectivity index (χ1n) is 9.54. The molecule has 1 aliphatic heterocycles. The summed E-state index contributed by atoms with van der Waals surface area (Å²) in [5, 5.41) is 6.44. The molecule has 0 unspecified atom stereocenters. The molecule has 2 fully saturated rings. The monoisotopic (exact) mass is 379 g/mol. The molecule has 2 aliphatic rings. The number of nitrogens with one attached hydrogen (secondary N) is 3. The quantitative estimate of drug-likeness (QED) is 0.727. The van der Waals surface area contributed by atoms with Gasteiger partial charge in [-0.25, -0.2) is 13.1 Å². The fourth-order valence-corrected chi connectivity index (χ4v) is 5.24. The van der Waals surface area contributed by atoms with Crippen LogP contribution in [0.3, 0.4) is 0 Å². The molecule has 3 rings (SSSR count). The van der Waals surface area contributed by atoms with E-state index >= 15 is 0 Å². The van der Waals surface area contributed by atoms with E-state index in [9.17, 15) is 13.2 Å². The van der Waals surface area contributed by atoms with Crippen LogP contribution >= 0.6 is 0 Å². The van der Waals surface area contributed by atoms with Crippen LogP contribution in [-0.2, 0) is 14.8 Å². The van der Waals surface area contributed by atoms with Gasteiger partial charge in [0.25, 0.3) is 0 Å². The van der Waals surface area contributed by atoms with Gasteiger partial charge in [0, 0.05) is 18.0 Å². The number of amides is 1. The molecule has 1 heterocycles. The van der Waals surface area contributed by atoms with Gasteiger partial charge in [0.05, 0.1) is 4.90 Å². The number of rotatable bonds is 5. The molecule has 7 heteroatoms. The predicted molar refractivity (Wildman–Crippen MR) is 101 cm³/mol. The zero-order valence-electron chi connectivity index (χ0n) is 15.3. The van der Waals surface area contributed by atoms with Crippen molar-refractivity contribution >= 4 is 15.9 Å². The van der Waals surface area contributed by atoms with E-state index in [1.54, 1.807) is 18.2 Å². The highest BCUT2D eigenvalue weighted by atomic mass is 32.2. The highest BCUT2D eigenvalue weighted by Gasteiger charge is 2.28.